The second-order valence-corrected chi connectivity index (χ2v) is 5.15. The average Bonchev–Trinajstić information content (AvgIpc) is 3.07. The minimum Gasteiger partial charge on any atom is -0.496 e. The van der Waals surface area contributed by atoms with E-state index in [2.05, 4.69) is 37.2 Å². The standard InChI is InChI=1S/C14H22N2O/c1-16(2)9-12-6-10(4-5-14(12)17-3)13-7-11(13)8-15/h4-6,11,13H,7-9,15H2,1-3H3/t11-,13-/m0/s1. The molecule has 0 radical (unpaired) electrons. The highest BCUT2D eigenvalue weighted by Crippen LogP contribution is 2.47. The molecule has 2 rings (SSSR count). The summed E-state index contributed by atoms with van der Waals surface area (Å²) in [6.07, 6.45) is 1.24. The Morgan fingerprint density at radius 3 is 2.71 bits per heavy atom. The molecule has 1 aliphatic rings. The summed E-state index contributed by atoms with van der Waals surface area (Å²) in [6, 6.07) is 6.54. The second-order valence-electron chi connectivity index (χ2n) is 5.15. The van der Waals surface area contributed by atoms with Crippen molar-refractivity contribution in [2.75, 3.05) is 27.7 Å². The summed E-state index contributed by atoms with van der Waals surface area (Å²) in [5, 5.41) is 0. The largest absolute Gasteiger partial charge is 0.496 e. The monoisotopic (exact) mass is 234 g/mol. The van der Waals surface area contributed by atoms with E-state index in [1.165, 1.54) is 17.5 Å². The maximum Gasteiger partial charge on any atom is 0.123 e. The van der Waals surface area contributed by atoms with Crippen molar-refractivity contribution in [2.45, 2.75) is 18.9 Å². The molecule has 3 nitrogen and oxygen atoms in total. The maximum absolute atomic E-state index is 5.70. The molecule has 0 saturated heterocycles. The zero-order valence-electron chi connectivity index (χ0n) is 10.9. The molecule has 2 N–H and O–H groups in total. The number of nitrogens with two attached hydrogens (primary N) is 1. The lowest BCUT2D eigenvalue weighted by Crippen LogP contribution is -2.12. The Balaban J connectivity index is 2.19. The molecule has 1 aromatic rings. The van der Waals surface area contributed by atoms with Crippen LogP contribution in [-0.4, -0.2) is 32.6 Å². The minimum atomic E-state index is 0.673. The van der Waals surface area contributed by atoms with Crippen LogP contribution in [0.2, 0.25) is 0 Å². The van der Waals surface area contributed by atoms with Gasteiger partial charge in [-0.2, -0.15) is 0 Å². The maximum atomic E-state index is 5.70. The fourth-order valence-electron chi connectivity index (χ4n) is 2.41. The number of hydrogen-bond donors (Lipinski definition) is 1. The average molecular weight is 234 g/mol. The molecule has 0 heterocycles. The predicted octanol–water partition coefficient (Wildman–Crippen LogP) is 1.82. The molecular formula is C14H22N2O. The number of methoxy groups -OCH3 is 1. The van der Waals surface area contributed by atoms with E-state index >= 15 is 0 Å². The molecule has 1 aliphatic carbocycles. The molecule has 0 unspecified atom stereocenters. The first-order chi connectivity index (χ1) is 8.15. The van der Waals surface area contributed by atoms with Crippen LogP contribution in [0.5, 0.6) is 5.75 Å². The Morgan fingerprint density at radius 2 is 2.18 bits per heavy atom. The number of hydrogen-bond acceptors (Lipinski definition) is 3. The zero-order chi connectivity index (χ0) is 12.4. The third-order valence-corrected chi connectivity index (χ3v) is 3.44. The van der Waals surface area contributed by atoms with Crippen LogP contribution < -0.4 is 10.5 Å². The lowest BCUT2D eigenvalue weighted by molar-refractivity contribution is 0.371. The number of ether oxygens (including phenoxy) is 1. The van der Waals surface area contributed by atoms with Crippen LogP contribution in [0.1, 0.15) is 23.5 Å². The van der Waals surface area contributed by atoms with Gasteiger partial charge in [0.05, 0.1) is 7.11 Å². The van der Waals surface area contributed by atoms with Gasteiger partial charge in [-0.3, -0.25) is 0 Å². The Labute approximate surface area is 104 Å². The van der Waals surface area contributed by atoms with Crippen LogP contribution in [0.4, 0.5) is 0 Å². The van der Waals surface area contributed by atoms with Crippen molar-refractivity contribution < 1.29 is 4.74 Å². The van der Waals surface area contributed by atoms with Gasteiger partial charge in [0.25, 0.3) is 0 Å². The summed E-state index contributed by atoms with van der Waals surface area (Å²) >= 11 is 0. The van der Waals surface area contributed by atoms with Gasteiger partial charge in [-0.05, 0) is 50.5 Å². The fraction of sp³-hybridized carbons (Fsp3) is 0.571. The van der Waals surface area contributed by atoms with Crippen molar-refractivity contribution in [1.82, 2.24) is 4.90 Å². The van der Waals surface area contributed by atoms with E-state index in [9.17, 15) is 0 Å². The number of benzene rings is 1. The van der Waals surface area contributed by atoms with E-state index in [1.807, 2.05) is 0 Å². The SMILES string of the molecule is COc1ccc([C@@H]2C[C@H]2CN)cc1CN(C)C. The highest BCUT2D eigenvalue weighted by Gasteiger charge is 2.37. The zero-order valence-corrected chi connectivity index (χ0v) is 10.9. The Bertz CT molecular complexity index is 390. The summed E-state index contributed by atoms with van der Waals surface area (Å²) in [7, 11) is 5.88. The van der Waals surface area contributed by atoms with Gasteiger partial charge in [0.1, 0.15) is 5.75 Å². The van der Waals surface area contributed by atoms with E-state index in [-0.39, 0.29) is 0 Å². The predicted molar refractivity (Wildman–Crippen MR) is 70.3 cm³/mol. The molecule has 17 heavy (non-hydrogen) atoms. The van der Waals surface area contributed by atoms with Gasteiger partial charge >= 0.3 is 0 Å². The lowest BCUT2D eigenvalue weighted by Gasteiger charge is -2.14. The molecule has 1 fully saturated rings. The lowest BCUT2D eigenvalue weighted by atomic mass is 10.0. The van der Waals surface area contributed by atoms with Gasteiger partial charge in [0, 0.05) is 12.1 Å². The fourth-order valence-corrected chi connectivity index (χ4v) is 2.41. The molecule has 94 valence electrons. The van der Waals surface area contributed by atoms with Gasteiger partial charge in [0.15, 0.2) is 0 Å². The molecular weight excluding hydrogens is 212 g/mol. The Kier molecular flexibility index (Phi) is 3.69. The van der Waals surface area contributed by atoms with Crippen molar-refractivity contribution in [3.05, 3.63) is 29.3 Å². The molecule has 0 aliphatic heterocycles. The van der Waals surface area contributed by atoms with Gasteiger partial charge in [-0.1, -0.05) is 12.1 Å². The third-order valence-electron chi connectivity index (χ3n) is 3.44. The van der Waals surface area contributed by atoms with Crippen molar-refractivity contribution in [2.24, 2.45) is 11.7 Å². The van der Waals surface area contributed by atoms with E-state index in [4.69, 9.17) is 10.5 Å². The summed E-state index contributed by atoms with van der Waals surface area (Å²) in [5.41, 5.74) is 8.38. The van der Waals surface area contributed by atoms with E-state index in [1.54, 1.807) is 7.11 Å². The van der Waals surface area contributed by atoms with Crippen LogP contribution in [0.15, 0.2) is 18.2 Å². The first kappa shape index (κ1) is 12.4. The van der Waals surface area contributed by atoms with Crippen LogP contribution in [0.3, 0.4) is 0 Å². The van der Waals surface area contributed by atoms with Crippen molar-refractivity contribution in [3.63, 3.8) is 0 Å². The van der Waals surface area contributed by atoms with Crippen molar-refractivity contribution >= 4 is 0 Å². The van der Waals surface area contributed by atoms with Crippen molar-refractivity contribution in [3.8, 4) is 5.75 Å². The summed E-state index contributed by atoms with van der Waals surface area (Å²) in [5.74, 6) is 2.34. The molecule has 2 atom stereocenters. The molecule has 1 aromatic carbocycles. The Hall–Kier alpha value is -1.06. The van der Waals surface area contributed by atoms with Gasteiger partial charge in [-0.15, -0.1) is 0 Å². The normalized spacial score (nSPS) is 22.9. The van der Waals surface area contributed by atoms with Crippen molar-refractivity contribution in [1.29, 1.82) is 0 Å². The summed E-state index contributed by atoms with van der Waals surface area (Å²) in [4.78, 5) is 2.16. The molecule has 0 spiro atoms. The molecule has 3 heteroatoms. The highest BCUT2D eigenvalue weighted by atomic mass is 16.5. The van der Waals surface area contributed by atoms with E-state index < -0.39 is 0 Å². The molecule has 0 aromatic heterocycles. The Morgan fingerprint density at radius 1 is 1.41 bits per heavy atom. The van der Waals surface area contributed by atoms with Gasteiger partial charge in [0.2, 0.25) is 0 Å². The molecule has 0 amide bonds. The van der Waals surface area contributed by atoms with E-state index in [0.29, 0.717) is 11.8 Å². The van der Waals surface area contributed by atoms with Crippen LogP contribution >= 0.6 is 0 Å². The third kappa shape index (κ3) is 2.79. The number of rotatable bonds is 5. The first-order valence-electron chi connectivity index (χ1n) is 6.17. The van der Waals surface area contributed by atoms with Crippen LogP contribution in [0, 0.1) is 5.92 Å². The second kappa shape index (κ2) is 5.07. The molecule has 1 saturated carbocycles. The van der Waals surface area contributed by atoms with Gasteiger partial charge in [-0.25, -0.2) is 0 Å². The number of nitrogens with zero attached hydrogens (tertiary/aromatic N) is 1. The topological polar surface area (TPSA) is 38.5 Å². The smallest absolute Gasteiger partial charge is 0.123 e. The molecule has 0 bridgehead atoms. The highest BCUT2D eigenvalue weighted by molar-refractivity contribution is 5.40. The van der Waals surface area contributed by atoms with Crippen LogP contribution in [-0.2, 0) is 6.54 Å². The summed E-state index contributed by atoms with van der Waals surface area (Å²) < 4.78 is 5.40. The van der Waals surface area contributed by atoms with E-state index in [0.717, 1.165) is 18.8 Å². The van der Waals surface area contributed by atoms with Gasteiger partial charge < -0.3 is 15.4 Å². The quantitative estimate of drug-likeness (QED) is 0.844. The minimum absolute atomic E-state index is 0.673. The first-order valence-corrected chi connectivity index (χ1v) is 6.17. The summed E-state index contributed by atoms with van der Waals surface area (Å²) in [6.45, 7) is 1.72. The van der Waals surface area contributed by atoms with Crippen LogP contribution in [0.25, 0.3) is 0 Å².